The van der Waals surface area contributed by atoms with Crippen molar-refractivity contribution in [2.75, 3.05) is 11.5 Å². The van der Waals surface area contributed by atoms with E-state index in [1.807, 2.05) is 83.1 Å². The lowest BCUT2D eigenvalue weighted by Crippen LogP contribution is -2.41. The molecule has 27 heteroatoms. The Hall–Kier alpha value is -4.56. The predicted molar refractivity (Wildman–Crippen MR) is 279 cm³/mol. The first-order valence-electron chi connectivity index (χ1n) is 23.3. The number of hydrogen-bond acceptors (Lipinski definition) is 13. The lowest BCUT2D eigenvalue weighted by atomic mass is 9.49. The molecular weight excluding hydrogens is 1100 g/mol. The third-order valence-electron chi connectivity index (χ3n) is 13.3. The molecule has 76 heavy (non-hydrogen) atoms. The van der Waals surface area contributed by atoms with Crippen molar-refractivity contribution in [2.24, 2.45) is 0 Å². The first kappa shape index (κ1) is 64.0. The molecule has 414 valence electrons. The highest BCUT2D eigenvalue weighted by atomic mass is 79.9. The van der Waals surface area contributed by atoms with Crippen molar-refractivity contribution in [3.63, 3.8) is 0 Å². The molecule has 0 bridgehead atoms. The summed E-state index contributed by atoms with van der Waals surface area (Å²) >= 11 is 8.38. The van der Waals surface area contributed by atoms with E-state index in [0.717, 1.165) is 18.2 Å². The van der Waals surface area contributed by atoms with Gasteiger partial charge in [-0.25, -0.2) is 9.97 Å². The zero-order chi connectivity index (χ0) is 58.0. The van der Waals surface area contributed by atoms with Gasteiger partial charge >= 0.3 is 39.7 Å². The normalized spacial score (nSPS) is 18.7. The van der Waals surface area contributed by atoms with E-state index in [2.05, 4.69) is 40.8 Å². The minimum atomic E-state index is -4.43. The number of hydrogen-bond donors (Lipinski definition) is 2. The molecular formula is C49H61B3BrClF9N7O6. The second kappa shape index (κ2) is 23.4. The minimum Gasteiger partial charge on any atom is -0.405 e. The van der Waals surface area contributed by atoms with E-state index < -0.39 is 67.6 Å². The molecule has 13 nitrogen and oxygen atoms in total. The molecule has 3 fully saturated rings. The molecule has 5 aromatic rings. The number of aryl methyl sites for hydroxylation is 3. The fourth-order valence-electron chi connectivity index (χ4n) is 6.73. The van der Waals surface area contributed by atoms with Crippen LogP contribution >= 0.6 is 27.5 Å². The SMILES string of the molecule is CC1(C)OB(B2OC(C)(C)C(C)(C)O2)OC1(C)C.Cc1ncc(-c2cccc(N)n2)cc1C(F)(F)F.Cc1ncc(B2OC(C)(C)C(C)(C)O2)cc1C(F)(F)F.Cc1ncc(Br)cc1C(F)(F)F.Nc1cccc(Cl)n1. The van der Waals surface area contributed by atoms with Gasteiger partial charge in [-0.2, -0.15) is 39.5 Å². The summed E-state index contributed by atoms with van der Waals surface area (Å²) in [4.78, 5) is 18.8. The Morgan fingerprint density at radius 3 is 1.21 bits per heavy atom. The van der Waals surface area contributed by atoms with Crippen molar-refractivity contribution in [3.05, 3.63) is 117 Å². The van der Waals surface area contributed by atoms with Crippen LogP contribution in [-0.4, -0.2) is 79.7 Å². The highest BCUT2D eigenvalue weighted by Crippen LogP contribution is 2.43. The molecule has 4 N–H and O–H groups in total. The van der Waals surface area contributed by atoms with E-state index in [0.29, 0.717) is 26.7 Å². The summed E-state index contributed by atoms with van der Waals surface area (Å²) in [6, 6.07) is 13.0. The third-order valence-corrected chi connectivity index (χ3v) is 13.9. The largest absolute Gasteiger partial charge is 0.496 e. The van der Waals surface area contributed by atoms with Gasteiger partial charge < -0.3 is 39.4 Å². The Morgan fingerprint density at radius 1 is 0.487 bits per heavy atom. The average Bonchev–Trinajstić information content (AvgIpc) is 3.73. The van der Waals surface area contributed by atoms with Crippen LogP contribution in [-0.2, 0) is 46.5 Å². The lowest BCUT2D eigenvalue weighted by Gasteiger charge is -2.32. The summed E-state index contributed by atoms with van der Waals surface area (Å²) in [5.74, 6) is 0.708. The quantitative estimate of drug-likeness (QED) is 0.0994. The molecule has 8 rings (SSSR count). The standard InChI is InChI=1S/C13H17BF3NO2.C12H24B2O4.C12H10F3N3.C7H5BrF3N.C5H5ClN2/c1-8-10(13(15,16)17)6-9(7-18-8)14-19-11(2,3)12(4,5)20-14;1-9(2)10(3,4)16-13(15-9)14-17-11(5,6)12(7,8)18-14;1-7-9(12(13,14)15)5-8(6-17-7)10-3-2-4-11(16)18-10;1-4-6(7(9,10)11)2-5(8)3-12-4;6-4-2-1-3-5(7)8-4/h6-7H,1-5H3;1-8H3;2-6H,1H3,(H2,16,18);2-3H,1H3;1-3H,(H2,7,8). The fraction of sp³-hybridized carbons (Fsp3) is 0.490. The zero-order valence-corrected chi connectivity index (χ0v) is 47.0. The zero-order valence-electron chi connectivity index (χ0n) is 44.7. The van der Waals surface area contributed by atoms with Crippen molar-refractivity contribution < 1.29 is 67.4 Å². The van der Waals surface area contributed by atoms with Gasteiger partial charge in [-0.3, -0.25) is 15.0 Å². The lowest BCUT2D eigenvalue weighted by molar-refractivity contribution is -0.139. The number of rotatable bonds is 3. The van der Waals surface area contributed by atoms with Crippen LogP contribution in [0.25, 0.3) is 11.3 Å². The average molecular weight is 1160 g/mol. The van der Waals surface area contributed by atoms with Gasteiger partial charge in [0, 0.05) is 51.2 Å². The van der Waals surface area contributed by atoms with Gasteiger partial charge in [-0.05, 0) is 162 Å². The van der Waals surface area contributed by atoms with Gasteiger partial charge in [0.1, 0.15) is 16.8 Å². The Bertz CT molecular complexity index is 2710. The molecule has 3 aliphatic heterocycles. The van der Waals surface area contributed by atoms with Crippen LogP contribution in [0, 0.1) is 20.8 Å². The number of aromatic nitrogens is 5. The molecule has 0 unspecified atom stereocenters. The molecule has 5 aromatic heterocycles. The number of alkyl halides is 9. The summed E-state index contributed by atoms with van der Waals surface area (Å²) < 4.78 is 149. The Morgan fingerprint density at radius 2 is 0.842 bits per heavy atom. The van der Waals surface area contributed by atoms with E-state index in [4.69, 9.17) is 51.0 Å². The van der Waals surface area contributed by atoms with E-state index in [-0.39, 0.29) is 50.8 Å². The van der Waals surface area contributed by atoms with E-state index in [9.17, 15) is 39.5 Å². The maximum Gasteiger partial charge on any atom is 0.496 e. The van der Waals surface area contributed by atoms with Crippen LogP contribution in [0.2, 0.25) is 5.15 Å². The number of halogens is 11. The van der Waals surface area contributed by atoms with Crippen molar-refractivity contribution in [2.45, 2.75) is 156 Å². The number of anilines is 2. The molecule has 0 radical (unpaired) electrons. The van der Waals surface area contributed by atoms with E-state index >= 15 is 0 Å². The van der Waals surface area contributed by atoms with E-state index in [1.54, 1.807) is 36.4 Å². The van der Waals surface area contributed by atoms with Gasteiger partial charge in [0.05, 0.1) is 56.0 Å². The smallest absolute Gasteiger partial charge is 0.405 e. The molecule has 0 aromatic carbocycles. The summed E-state index contributed by atoms with van der Waals surface area (Å²) in [6.45, 7) is 27.6. The van der Waals surface area contributed by atoms with Crippen molar-refractivity contribution >= 4 is 65.8 Å². The van der Waals surface area contributed by atoms with Crippen LogP contribution in [0.1, 0.15) is 117 Å². The monoisotopic (exact) mass is 1160 g/mol. The van der Waals surface area contributed by atoms with Gasteiger partial charge in [0.25, 0.3) is 0 Å². The van der Waals surface area contributed by atoms with Crippen LogP contribution in [0.3, 0.4) is 0 Å². The summed E-state index contributed by atoms with van der Waals surface area (Å²) in [5.41, 5.74) is 6.72. The third kappa shape index (κ3) is 16.3. The Labute approximate surface area is 451 Å². The van der Waals surface area contributed by atoms with Gasteiger partial charge in [0.15, 0.2) is 0 Å². The Balaban J connectivity index is 0.000000211. The summed E-state index contributed by atoms with van der Waals surface area (Å²) in [6.07, 6.45) is -9.12. The molecule has 8 heterocycles. The van der Waals surface area contributed by atoms with Crippen LogP contribution in [0.5, 0.6) is 0 Å². The van der Waals surface area contributed by atoms with Crippen molar-refractivity contribution in [3.8, 4) is 11.3 Å². The molecule has 3 aliphatic rings. The second-order valence-electron chi connectivity index (χ2n) is 20.7. The highest BCUT2D eigenvalue weighted by Gasteiger charge is 2.64. The number of pyridine rings is 5. The summed E-state index contributed by atoms with van der Waals surface area (Å²) in [7, 11) is -1.79. The van der Waals surface area contributed by atoms with Crippen LogP contribution in [0.4, 0.5) is 51.1 Å². The molecule has 0 atom stereocenters. The molecule has 0 spiro atoms. The summed E-state index contributed by atoms with van der Waals surface area (Å²) in [5, 5.41) is 0.435. The van der Waals surface area contributed by atoms with Crippen molar-refractivity contribution in [1.82, 2.24) is 24.9 Å². The first-order chi connectivity index (χ1) is 34.4. The van der Waals surface area contributed by atoms with Gasteiger partial charge in [-0.1, -0.05) is 23.7 Å². The Kier molecular flexibility index (Phi) is 19.7. The van der Waals surface area contributed by atoms with Gasteiger partial charge in [-0.15, -0.1) is 0 Å². The maximum absolute atomic E-state index is 12.9. The molecule has 0 saturated carbocycles. The predicted octanol–water partition coefficient (Wildman–Crippen LogP) is 12.5. The molecule has 0 amide bonds. The molecule has 3 saturated heterocycles. The number of nitrogens with zero attached hydrogens (tertiary/aromatic N) is 5. The van der Waals surface area contributed by atoms with Crippen LogP contribution < -0.4 is 16.9 Å². The first-order valence-corrected chi connectivity index (χ1v) is 24.5. The topological polar surface area (TPSA) is 172 Å². The minimum absolute atomic E-state index is 0.00861. The van der Waals surface area contributed by atoms with Crippen LogP contribution in [0.15, 0.2) is 77.7 Å². The van der Waals surface area contributed by atoms with Gasteiger partial charge in [0.2, 0.25) is 0 Å². The van der Waals surface area contributed by atoms with E-state index in [1.165, 1.54) is 39.4 Å². The number of nitrogens with two attached hydrogens (primary N) is 2. The maximum atomic E-state index is 12.9. The van der Waals surface area contributed by atoms with Crippen molar-refractivity contribution in [1.29, 1.82) is 0 Å². The second-order valence-corrected chi connectivity index (χ2v) is 22.0. The molecule has 0 aliphatic carbocycles. The highest BCUT2D eigenvalue weighted by molar-refractivity contribution is 9.10. The number of nitrogen functional groups attached to an aromatic ring is 2. The fourth-order valence-corrected chi connectivity index (χ4v) is 7.24.